The maximum atomic E-state index is 13.5. The molecular formula is C25H29N3O3S. The molecule has 32 heavy (non-hydrogen) atoms. The van der Waals surface area contributed by atoms with Crippen LogP contribution in [0.5, 0.6) is 0 Å². The van der Waals surface area contributed by atoms with Crippen LogP contribution in [-0.4, -0.2) is 24.8 Å². The Bertz CT molecular complexity index is 1210. The van der Waals surface area contributed by atoms with E-state index in [0.717, 1.165) is 24.6 Å². The van der Waals surface area contributed by atoms with Crippen LogP contribution in [0.15, 0.2) is 65.7 Å². The lowest BCUT2D eigenvalue weighted by molar-refractivity contribution is -0.122. The Balaban J connectivity index is 1.64. The highest BCUT2D eigenvalue weighted by molar-refractivity contribution is 7.89. The molecule has 4 rings (SSSR count). The Morgan fingerprint density at radius 3 is 2.34 bits per heavy atom. The van der Waals surface area contributed by atoms with Crippen molar-refractivity contribution < 1.29 is 13.2 Å². The predicted molar refractivity (Wildman–Crippen MR) is 127 cm³/mol. The maximum absolute atomic E-state index is 13.5. The summed E-state index contributed by atoms with van der Waals surface area (Å²) in [6.07, 6.45) is 5.05. The highest BCUT2D eigenvalue weighted by Gasteiger charge is 2.43. The first-order valence-corrected chi connectivity index (χ1v) is 12.6. The molecule has 0 unspecified atom stereocenters. The van der Waals surface area contributed by atoms with E-state index >= 15 is 0 Å². The molecule has 1 aromatic heterocycles. The van der Waals surface area contributed by atoms with E-state index in [1.807, 2.05) is 36.4 Å². The van der Waals surface area contributed by atoms with Gasteiger partial charge in [0.15, 0.2) is 0 Å². The molecule has 1 aliphatic rings. The third kappa shape index (κ3) is 4.54. The molecule has 1 fully saturated rings. The SMILES string of the molecule is CC(C)c1ccc(NC(=O)C2(NS(=O)(=O)c3cccc4cccnc34)CCCCC2)cc1. The summed E-state index contributed by atoms with van der Waals surface area (Å²) in [7, 11) is -3.97. The first-order valence-electron chi connectivity index (χ1n) is 11.1. The number of carbonyl (C=O) groups excluding carboxylic acids is 1. The topological polar surface area (TPSA) is 88.2 Å². The van der Waals surface area contributed by atoms with Crippen molar-refractivity contribution in [2.24, 2.45) is 0 Å². The standard InChI is InChI=1S/C25H29N3O3S/c1-18(2)19-11-13-21(14-12-19)27-24(29)25(15-4-3-5-16-25)28-32(30,31)22-10-6-8-20-9-7-17-26-23(20)22/h6-14,17-18,28H,3-5,15-16H2,1-2H3,(H,27,29). The van der Waals surface area contributed by atoms with Gasteiger partial charge in [0.25, 0.3) is 0 Å². The van der Waals surface area contributed by atoms with Crippen molar-refractivity contribution >= 4 is 32.5 Å². The van der Waals surface area contributed by atoms with Gasteiger partial charge < -0.3 is 5.32 Å². The molecule has 2 aromatic carbocycles. The molecule has 0 radical (unpaired) electrons. The van der Waals surface area contributed by atoms with E-state index in [-0.39, 0.29) is 10.8 Å². The number of benzene rings is 2. The minimum atomic E-state index is -3.97. The predicted octanol–water partition coefficient (Wildman–Crippen LogP) is 4.98. The van der Waals surface area contributed by atoms with E-state index in [2.05, 4.69) is 28.9 Å². The molecule has 6 nitrogen and oxygen atoms in total. The van der Waals surface area contributed by atoms with Crippen molar-refractivity contribution in [3.05, 3.63) is 66.4 Å². The fourth-order valence-corrected chi connectivity index (χ4v) is 5.94. The smallest absolute Gasteiger partial charge is 0.245 e. The molecular weight excluding hydrogens is 422 g/mol. The number of para-hydroxylation sites is 1. The number of carbonyl (C=O) groups is 1. The fraction of sp³-hybridized carbons (Fsp3) is 0.360. The van der Waals surface area contributed by atoms with Crippen molar-refractivity contribution in [1.82, 2.24) is 9.71 Å². The zero-order valence-corrected chi connectivity index (χ0v) is 19.3. The summed E-state index contributed by atoms with van der Waals surface area (Å²) in [5.74, 6) is 0.0804. The molecule has 7 heteroatoms. The molecule has 0 spiro atoms. The lowest BCUT2D eigenvalue weighted by Crippen LogP contribution is -2.57. The number of hydrogen-bond acceptors (Lipinski definition) is 4. The number of fused-ring (bicyclic) bond motifs is 1. The minimum Gasteiger partial charge on any atom is -0.324 e. The van der Waals surface area contributed by atoms with Crippen LogP contribution in [0.3, 0.4) is 0 Å². The molecule has 3 aromatic rings. The quantitative estimate of drug-likeness (QED) is 0.553. The molecule has 0 saturated heterocycles. The van der Waals surface area contributed by atoms with E-state index in [4.69, 9.17) is 0 Å². The molecule has 0 atom stereocenters. The Morgan fingerprint density at radius 2 is 1.66 bits per heavy atom. The van der Waals surface area contributed by atoms with E-state index in [9.17, 15) is 13.2 Å². The number of aromatic nitrogens is 1. The van der Waals surface area contributed by atoms with Gasteiger partial charge in [0, 0.05) is 17.3 Å². The summed E-state index contributed by atoms with van der Waals surface area (Å²) < 4.78 is 29.7. The highest BCUT2D eigenvalue weighted by Crippen LogP contribution is 2.32. The number of nitrogens with zero attached hydrogens (tertiary/aromatic N) is 1. The first-order chi connectivity index (χ1) is 15.3. The summed E-state index contributed by atoms with van der Waals surface area (Å²) in [6.45, 7) is 4.23. The fourth-order valence-electron chi connectivity index (χ4n) is 4.34. The van der Waals surface area contributed by atoms with Crippen LogP contribution >= 0.6 is 0 Å². The summed E-state index contributed by atoms with van der Waals surface area (Å²) in [4.78, 5) is 17.8. The molecule has 1 amide bonds. The Hall–Kier alpha value is -2.77. The first kappa shape index (κ1) is 22.4. The van der Waals surface area contributed by atoms with Crippen LogP contribution in [0.25, 0.3) is 10.9 Å². The summed E-state index contributed by atoms with van der Waals surface area (Å²) in [5.41, 5.74) is 1.05. The molecule has 1 heterocycles. The van der Waals surface area contributed by atoms with Crippen LogP contribution in [0.4, 0.5) is 5.69 Å². The van der Waals surface area contributed by atoms with Gasteiger partial charge in [-0.1, -0.05) is 63.4 Å². The van der Waals surface area contributed by atoms with Gasteiger partial charge in [0.2, 0.25) is 15.9 Å². The number of amides is 1. The Labute approximate surface area is 189 Å². The minimum absolute atomic E-state index is 0.0923. The molecule has 0 bridgehead atoms. The number of hydrogen-bond donors (Lipinski definition) is 2. The van der Waals surface area contributed by atoms with Gasteiger partial charge in [-0.25, -0.2) is 8.42 Å². The summed E-state index contributed by atoms with van der Waals surface area (Å²) >= 11 is 0. The van der Waals surface area contributed by atoms with Gasteiger partial charge in [-0.15, -0.1) is 0 Å². The average Bonchev–Trinajstić information content (AvgIpc) is 2.79. The Morgan fingerprint density at radius 1 is 0.969 bits per heavy atom. The van der Waals surface area contributed by atoms with Crippen LogP contribution < -0.4 is 10.0 Å². The molecule has 2 N–H and O–H groups in total. The number of nitrogens with one attached hydrogen (secondary N) is 2. The van der Waals surface area contributed by atoms with Gasteiger partial charge in [-0.05, 0) is 48.6 Å². The number of sulfonamides is 1. The highest BCUT2D eigenvalue weighted by atomic mass is 32.2. The van der Waals surface area contributed by atoms with E-state index in [1.165, 1.54) is 11.6 Å². The number of rotatable bonds is 6. The maximum Gasteiger partial charge on any atom is 0.245 e. The average molecular weight is 452 g/mol. The van der Waals surface area contributed by atoms with Gasteiger partial charge in [0.1, 0.15) is 10.4 Å². The van der Waals surface area contributed by atoms with Crippen molar-refractivity contribution in [1.29, 1.82) is 0 Å². The van der Waals surface area contributed by atoms with Gasteiger partial charge in [0.05, 0.1) is 5.52 Å². The van der Waals surface area contributed by atoms with Crippen LogP contribution in [-0.2, 0) is 14.8 Å². The zero-order valence-electron chi connectivity index (χ0n) is 18.5. The second-order valence-electron chi connectivity index (χ2n) is 8.81. The molecule has 1 saturated carbocycles. The van der Waals surface area contributed by atoms with Crippen LogP contribution in [0, 0.1) is 0 Å². The number of anilines is 1. The largest absolute Gasteiger partial charge is 0.324 e. The number of pyridine rings is 1. The normalized spacial score (nSPS) is 16.2. The molecule has 1 aliphatic carbocycles. The summed E-state index contributed by atoms with van der Waals surface area (Å²) in [5, 5.41) is 3.69. The Kier molecular flexibility index (Phi) is 6.31. The van der Waals surface area contributed by atoms with E-state index < -0.39 is 15.6 Å². The van der Waals surface area contributed by atoms with E-state index in [1.54, 1.807) is 18.3 Å². The molecule has 168 valence electrons. The van der Waals surface area contributed by atoms with Crippen molar-refractivity contribution in [3.63, 3.8) is 0 Å². The van der Waals surface area contributed by atoms with Gasteiger partial charge in [-0.2, -0.15) is 4.72 Å². The van der Waals surface area contributed by atoms with Crippen LogP contribution in [0.2, 0.25) is 0 Å². The van der Waals surface area contributed by atoms with E-state index in [0.29, 0.717) is 30.0 Å². The van der Waals surface area contributed by atoms with Crippen molar-refractivity contribution in [2.75, 3.05) is 5.32 Å². The third-order valence-electron chi connectivity index (χ3n) is 6.19. The monoisotopic (exact) mass is 451 g/mol. The lowest BCUT2D eigenvalue weighted by Gasteiger charge is -2.36. The second-order valence-corrected chi connectivity index (χ2v) is 10.5. The lowest BCUT2D eigenvalue weighted by atomic mass is 9.82. The van der Waals surface area contributed by atoms with Gasteiger partial charge in [-0.3, -0.25) is 9.78 Å². The van der Waals surface area contributed by atoms with Crippen molar-refractivity contribution in [2.45, 2.75) is 62.3 Å². The molecule has 0 aliphatic heterocycles. The zero-order chi connectivity index (χ0) is 22.8. The second kappa shape index (κ2) is 9.00. The third-order valence-corrected chi connectivity index (χ3v) is 7.76. The van der Waals surface area contributed by atoms with Gasteiger partial charge >= 0.3 is 0 Å². The van der Waals surface area contributed by atoms with Crippen LogP contribution in [0.1, 0.15) is 57.4 Å². The summed E-state index contributed by atoms with van der Waals surface area (Å²) in [6, 6.07) is 16.4. The van der Waals surface area contributed by atoms with Crippen molar-refractivity contribution in [3.8, 4) is 0 Å².